The fourth-order valence-electron chi connectivity index (χ4n) is 0. The van der Waals surface area contributed by atoms with E-state index in [0.717, 1.165) is 7.11 Å². The van der Waals surface area contributed by atoms with Gasteiger partial charge in [0.05, 0.1) is 6.07 Å². The predicted octanol–water partition coefficient (Wildman–Crippen LogP) is -0.161. The molecule has 0 bridgehead atoms. The van der Waals surface area contributed by atoms with Crippen molar-refractivity contribution in [2.45, 2.75) is 6.92 Å². The number of nitriles is 1. The molecule has 0 aromatic carbocycles. The van der Waals surface area contributed by atoms with Gasteiger partial charge in [0.2, 0.25) is 0 Å². The molecule has 0 aliphatic rings. The van der Waals surface area contributed by atoms with Crippen LogP contribution in [0.4, 0.5) is 0 Å². The molecule has 0 spiro atoms. The van der Waals surface area contributed by atoms with Gasteiger partial charge in [-0.15, -0.1) is 0 Å². The van der Waals surface area contributed by atoms with Gasteiger partial charge in [0.15, 0.2) is 0 Å². The fraction of sp³-hybridized carbons (Fsp3) is 0.500. The Morgan fingerprint density at radius 1 is 1.62 bits per heavy atom. The highest BCUT2D eigenvalue weighted by Crippen LogP contribution is 1.21. The first-order valence-corrected chi connectivity index (χ1v) is 1.66. The van der Waals surface area contributed by atoms with E-state index < -0.39 is 0 Å². The number of hydrogen-bond acceptors (Lipinski definition) is 3. The van der Waals surface area contributed by atoms with Crippen LogP contribution in [0.3, 0.4) is 0 Å². The normalized spacial score (nSPS) is 3.25. The highest BCUT2D eigenvalue weighted by atomic mass is 16.3. The van der Waals surface area contributed by atoms with Crippen molar-refractivity contribution >= 4 is 6.47 Å². The lowest BCUT2D eigenvalue weighted by Crippen LogP contribution is -1.49. The smallest absolute Gasteiger partial charge is 0.290 e. The van der Waals surface area contributed by atoms with Gasteiger partial charge in [0.1, 0.15) is 0 Å². The Morgan fingerprint density at radius 3 is 1.62 bits per heavy atom. The van der Waals surface area contributed by atoms with Gasteiger partial charge in [-0.05, 0) is 0 Å². The average Bonchev–Trinajstić information content (AvgIpc) is 1.75. The summed E-state index contributed by atoms with van der Waals surface area (Å²) in [6.07, 6.45) is 0. The molecule has 4 heteroatoms. The van der Waals surface area contributed by atoms with E-state index in [-0.39, 0.29) is 6.47 Å². The molecule has 0 aliphatic carbocycles. The third-order valence-electron chi connectivity index (χ3n) is 0. The lowest BCUT2D eigenvalue weighted by Gasteiger charge is -1.34. The Balaban J connectivity index is -0.0000000483. The Morgan fingerprint density at radius 2 is 1.62 bits per heavy atom. The first-order valence-electron chi connectivity index (χ1n) is 1.66. The summed E-state index contributed by atoms with van der Waals surface area (Å²) in [5.41, 5.74) is 0. The first-order chi connectivity index (χ1) is 3.83. The Kier molecular flexibility index (Phi) is 334. The number of carbonyl (C=O) groups is 1. The van der Waals surface area contributed by atoms with Gasteiger partial charge >= 0.3 is 0 Å². The molecule has 0 unspecified atom stereocenters. The Labute approximate surface area is 48.0 Å². The zero-order valence-corrected chi connectivity index (χ0v) is 4.83. The highest BCUT2D eigenvalue weighted by Gasteiger charge is 1.22. The number of carboxylic acid groups (broad SMARTS) is 1. The van der Waals surface area contributed by atoms with Gasteiger partial charge in [-0.3, -0.25) is 4.79 Å². The second kappa shape index (κ2) is 169. The van der Waals surface area contributed by atoms with E-state index in [9.17, 15) is 0 Å². The van der Waals surface area contributed by atoms with Crippen molar-refractivity contribution in [3.63, 3.8) is 0 Å². The van der Waals surface area contributed by atoms with E-state index in [4.69, 9.17) is 20.3 Å². The van der Waals surface area contributed by atoms with Crippen LogP contribution in [-0.4, -0.2) is 23.8 Å². The van der Waals surface area contributed by atoms with Crippen molar-refractivity contribution in [3.8, 4) is 6.07 Å². The summed E-state index contributed by atoms with van der Waals surface area (Å²) in [6.45, 7) is 1.18. The lowest BCUT2D eigenvalue weighted by molar-refractivity contribution is -0.122. The van der Waals surface area contributed by atoms with Crippen molar-refractivity contribution in [2.24, 2.45) is 0 Å². The standard InChI is InChI=1S/C2H3N.CH2O2.CH4O/c1-2-3;2-1-3;1-2/h1H3;1H,(H,2,3);2H,1H3. The van der Waals surface area contributed by atoms with Crippen LogP contribution in [0.15, 0.2) is 0 Å². The van der Waals surface area contributed by atoms with Gasteiger partial charge in [0, 0.05) is 14.0 Å². The average molecular weight is 119 g/mol. The maximum Gasteiger partial charge on any atom is 0.290 e. The molecule has 8 heavy (non-hydrogen) atoms. The van der Waals surface area contributed by atoms with Crippen LogP contribution in [0.1, 0.15) is 6.92 Å². The summed E-state index contributed by atoms with van der Waals surface area (Å²) >= 11 is 0. The van der Waals surface area contributed by atoms with Crippen LogP contribution in [0, 0.1) is 11.3 Å². The third kappa shape index (κ3) is 64.8. The van der Waals surface area contributed by atoms with Crippen molar-refractivity contribution in [1.29, 1.82) is 5.26 Å². The molecule has 0 aliphatic heterocycles. The largest absolute Gasteiger partial charge is 0.483 e. The molecule has 0 aromatic rings. The highest BCUT2D eigenvalue weighted by molar-refractivity contribution is 5.32. The number of nitrogens with zero attached hydrogens (tertiary/aromatic N) is 1. The van der Waals surface area contributed by atoms with Gasteiger partial charge in [0.25, 0.3) is 6.47 Å². The van der Waals surface area contributed by atoms with Gasteiger partial charge in [-0.1, -0.05) is 0 Å². The van der Waals surface area contributed by atoms with Gasteiger partial charge in [-0.25, -0.2) is 0 Å². The molecule has 0 radical (unpaired) electrons. The van der Waals surface area contributed by atoms with E-state index >= 15 is 0 Å². The van der Waals surface area contributed by atoms with Crippen molar-refractivity contribution in [2.75, 3.05) is 7.11 Å². The second-order valence-electron chi connectivity index (χ2n) is 0.329. The molecule has 0 fully saturated rings. The molecule has 4 nitrogen and oxygen atoms in total. The lowest BCUT2D eigenvalue weighted by atomic mass is 11.0. The topological polar surface area (TPSA) is 81.3 Å². The minimum absolute atomic E-state index is 0.250. The number of hydrogen-bond donors (Lipinski definition) is 2. The Hall–Kier alpha value is -1.08. The molecule has 0 atom stereocenters. The molecular formula is C4H9NO3. The van der Waals surface area contributed by atoms with E-state index in [1.54, 1.807) is 6.07 Å². The van der Waals surface area contributed by atoms with Crippen molar-refractivity contribution in [3.05, 3.63) is 0 Å². The molecular weight excluding hydrogens is 110 g/mol. The van der Waals surface area contributed by atoms with Crippen LogP contribution in [0.5, 0.6) is 0 Å². The first kappa shape index (κ1) is 15.8. The van der Waals surface area contributed by atoms with Crippen LogP contribution < -0.4 is 0 Å². The van der Waals surface area contributed by atoms with E-state index in [1.807, 2.05) is 0 Å². The molecule has 2 N–H and O–H groups in total. The predicted molar refractivity (Wildman–Crippen MR) is 28.1 cm³/mol. The maximum absolute atomic E-state index is 8.36. The fourth-order valence-corrected chi connectivity index (χ4v) is 0. The van der Waals surface area contributed by atoms with Crippen LogP contribution in [0.2, 0.25) is 0 Å². The summed E-state index contributed by atoms with van der Waals surface area (Å²) in [7, 11) is 1.00. The van der Waals surface area contributed by atoms with E-state index in [0.29, 0.717) is 0 Å². The molecule has 0 rings (SSSR count). The minimum Gasteiger partial charge on any atom is -0.483 e. The number of aliphatic hydroxyl groups excluding tert-OH is 1. The quantitative estimate of drug-likeness (QED) is 0.434. The molecule has 0 saturated heterocycles. The summed E-state index contributed by atoms with van der Waals surface area (Å²) in [4.78, 5) is 8.36. The third-order valence-corrected chi connectivity index (χ3v) is 0. The van der Waals surface area contributed by atoms with Crippen molar-refractivity contribution < 1.29 is 15.0 Å². The monoisotopic (exact) mass is 119 g/mol. The number of aliphatic hydroxyl groups is 1. The van der Waals surface area contributed by atoms with Gasteiger partial charge < -0.3 is 10.2 Å². The molecule has 0 amide bonds. The van der Waals surface area contributed by atoms with Gasteiger partial charge in [-0.2, -0.15) is 5.26 Å². The minimum atomic E-state index is -0.250. The van der Waals surface area contributed by atoms with E-state index in [1.165, 1.54) is 6.92 Å². The molecule has 0 heterocycles. The summed E-state index contributed by atoms with van der Waals surface area (Å²) < 4.78 is 0. The second-order valence-corrected chi connectivity index (χ2v) is 0.329. The molecule has 0 saturated carbocycles. The summed E-state index contributed by atoms with van der Waals surface area (Å²) in [5, 5.41) is 21.2. The van der Waals surface area contributed by atoms with E-state index in [2.05, 4.69) is 0 Å². The van der Waals surface area contributed by atoms with Crippen LogP contribution in [0.25, 0.3) is 0 Å². The zero-order chi connectivity index (χ0) is 7.41. The number of rotatable bonds is 0. The molecule has 0 aromatic heterocycles. The Bertz CT molecular complexity index is 56.8. The summed E-state index contributed by atoms with van der Waals surface area (Å²) in [5.74, 6) is 0. The summed E-state index contributed by atoms with van der Waals surface area (Å²) in [6, 6.07) is 1.75. The molecule has 48 valence electrons. The van der Waals surface area contributed by atoms with Crippen LogP contribution in [-0.2, 0) is 4.79 Å². The van der Waals surface area contributed by atoms with Crippen molar-refractivity contribution in [1.82, 2.24) is 0 Å². The SMILES string of the molecule is CC#N.CO.O=CO. The van der Waals surface area contributed by atoms with Crippen LogP contribution >= 0.6 is 0 Å². The zero-order valence-electron chi connectivity index (χ0n) is 4.83. The maximum atomic E-state index is 8.36.